The molecule has 0 N–H and O–H groups in total. The van der Waals surface area contributed by atoms with Crippen LogP contribution in [0.4, 0.5) is 4.39 Å². The van der Waals surface area contributed by atoms with Crippen LogP contribution in [0.1, 0.15) is 32.8 Å². The SMILES string of the molecule is CCOC(=O)CC(C)(C)Cc1ccc(OC)c(F)c1. The number of hydrogen-bond acceptors (Lipinski definition) is 3. The van der Waals surface area contributed by atoms with E-state index in [2.05, 4.69) is 0 Å². The number of benzene rings is 1. The Labute approximate surface area is 113 Å². The van der Waals surface area contributed by atoms with Crippen LogP contribution in [0.5, 0.6) is 5.75 Å². The molecule has 0 spiro atoms. The van der Waals surface area contributed by atoms with E-state index in [1.54, 1.807) is 13.0 Å². The predicted molar refractivity (Wildman–Crippen MR) is 71.7 cm³/mol. The van der Waals surface area contributed by atoms with Gasteiger partial charge in [-0.15, -0.1) is 0 Å². The lowest BCUT2D eigenvalue weighted by molar-refractivity contribution is -0.145. The maximum absolute atomic E-state index is 13.6. The molecule has 0 aromatic heterocycles. The van der Waals surface area contributed by atoms with E-state index < -0.39 is 0 Å². The first kappa shape index (κ1) is 15.5. The Morgan fingerprint density at radius 1 is 1.37 bits per heavy atom. The van der Waals surface area contributed by atoms with E-state index in [4.69, 9.17) is 9.47 Å². The highest BCUT2D eigenvalue weighted by Gasteiger charge is 2.23. The second kappa shape index (κ2) is 6.55. The number of hydrogen-bond donors (Lipinski definition) is 0. The molecule has 0 amide bonds. The molecule has 0 saturated carbocycles. The van der Waals surface area contributed by atoms with Gasteiger partial charge in [-0.05, 0) is 36.5 Å². The van der Waals surface area contributed by atoms with Gasteiger partial charge in [-0.1, -0.05) is 19.9 Å². The van der Waals surface area contributed by atoms with Gasteiger partial charge in [0.1, 0.15) is 0 Å². The van der Waals surface area contributed by atoms with Crippen LogP contribution in [0.3, 0.4) is 0 Å². The van der Waals surface area contributed by atoms with Gasteiger partial charge in [0.2, 0.25) is 0 Å². The summed E-state index contributed by atoms with van der Waals surface area (Å²) in [6, 6.07) is 4.87. The van der Waals surface area contributed by atoms with Crippen LogP contribution in [0.15, 0.2) is 18.2 Å². The minimum atomic E-state index is -0.382. The molecule has 1 aromatic carbocycles. The molecular formula is C15H21FO3. The summed E-state index contributed by atoms with van der Waals surface area (Å²) in [7, 11) is 1.43. The molecule has 19 heavy (non-hydrogen) atoms. The van der Waals surface area contributed by atoms with Gasteiger partial charge in [0, 0.05) is 0 Å². The van der Waals surface area contributed by atoms with Gasteiger partial charge in [0.05, 0.1) is 20.1 Å². The van der Waals surface area contributed by atoms with Crippen LogP contribution in [0, 0.1) is 11.2 Å². The third kappa shape index (κ3) is 4.89. The Morgan fingerprint density at radius 3 is 2.58 bits per heavy atom. The lowest BCUT2D eigenvalue weighted by atomic mass is 9.82. The van der Waals surface area contributed by atoms with E-state index in [0.717, 1.165) is 5.56 Å². The summed E-state index contributed by atoms with van der Waals surface area (Å²) in [6.07, 6.45) is 0.918. The number of methoxy groups -OCH3 is 1. The minimum Gasteiger partial charge on any atom is -0.494 e. The van der Waals surface area contributed by atoms with Crippen LogP contribution < -0.4 is 4.74 Å². The largest absolute Gasteiger partial charge is 0.494 e. The highest BCUT2D eigenvalue weighted by Crippen LogP contribution is 2.28. The summed E-state index contributed by atoms with van der Waals surface area (Å²) < 4.78 is 23.4. The van der Waals surface area contributed by atoms with Crippen molar-refractivity contribution >= 4 is 5.97 Å². The molecular weight excluding hydrogens is 247 g/mol. The normalized spacial score (nSPS) is 11.2. The van der Waals surface area contributed by atoms with Crippen molar-refractivity contribution < 1.29 is 18.7 Å². The molecule has 0 aliphatic rings. The maximum Gasteiger partial charge on any atom is 0.306 e. The molecule has 4 heteroatoms. The number of ether oxygens (including phenoxy) is 2. The fraction of sp³-hybridized carbons (Fsp3) is 0.533. The highest BCUT2D eigenvalue weighted by molar-refractivity contribution is 5.70. The van der Waals surface area contributed by atoms with Gasteiger partial charge in [0.25, 0.3) is 0 Å². The Morgan fingerprint density at radius 2 is 2.05 bits per heavy atom. The molecule has 106 valence electrons. The van der Waals surface area contributed by atoms with Crippen molar-refractivity contribution in [3.05, 3.63) is 29.6 Å². The number of halogens is 1. The maximum atomic E-state index is 13.6. The summed E-state index contributed by atoms with van der Waals surface area (Å²) >= 11 is 0. The van der Waals surface area contributed by atoms with Crippen molar-refractivity contribution in [2.24, 2.45) is 5.41 Å². The van der Waals surface area contributed by atoms with Crippen molar-refractivity contribution in [3.63, 3.8) is 0 Å². The van der Waals surface area contributed by atoms with Crippen molar-refractivity contribution in [1.29, 1.82) is 0 Å². The summed E-state index contributed by atoms with van der Waals surface area (Å²) in [5.74, 6) is -0.375. The van der Waals surface area contributed by atoms with Gasteiger partial charge in [0.15, 0.2) is 11.6 Å². The summed E-state index contributed by atoms with van der Waals surface area (Å²) in [4.78, 5) is 11.5. The Hall–Kier alpha value is -1.58. The molecule has 0 unspecified atom stereocenters. The second-order valence-corrected chi connectivity index (χ2v) is 5.29. The average Bonchev–Trinajstić information content (AvgIpc) is 2.27. The van der Waals surface area contributed by atoms with Crippen LogP contribution in [-0.4, -0.2) is 19.7 Å². The third-order valence-electron chi connectivity index (χ3n) is 2.83. The number of carbonyl (C=O) groups excluding carboxylic acids is 1. The topological polar surface area (TPSA) is 35.5 Å². The van der Waals surface area contributed by atoms with Crippen LogP contribution >= 0.6 is 0 Å². The molecule has 0 aliphatic heterocycles. The Bertz CT molecular complexity index is 441. The zero-order valence-corrected chi connectivity index (χ0v) is 12.0. The van der Waals surface area contributed by atoms with E-state index in [0.29, 0.717) is 19.4 Å². The van der Waals surface area contributed by atoms with Gasteiger partial charge >= 0.3 is 5.97 Å². The fourth-order valence-electron chi connectivity index (χ4n) is 2.04. The van der Waals surface area contributed by atoms with E-state index in [1.165, 1.54) is 13.2 Å². The minimum absolute atomic E-state index is 0.221. The molecule has 0 aliphatic carbocycles. The van der Waals surface area contributed by atoms with Gasteiger partial charge < -0.3 is 9.47 Å². The molecule has 3 nitrogen and oxygen atoms in total. The van der Waals surface area contributed by atoms with Crippen LogP contribution in [-0.2, 0) is 16.0 Å². The quantitative estimate of drug-likeness (QED) is 0.742. The van der Waals surface area contributed by atoms with Crippen molar-refractivity contribution in [1.82, 2.24) is 0 Å². The van der Waals surface area contributed by atoms with Crippen molar-refractivity contribution in [2.45, 2.75) is 33.6 Å². The van der Waals surface area contributed by atoms with E-state index in [1.807, 2.05) is 19.9 Å². The monoisotopic (exact) mass is 268 g/mol. The van der Waals surface area contributed by atoms with Crippen molar-refractivity contribution in [3.8, 4) is 5.75 Å². The zero-order chi connectivity index (χ0) is 14.5. The first-order valence-electron chi connectivity index (χ1n) is 6.36. The molecule has 0 radical (unpaired) electrons. The molecule has 1 aromatic rings. The predicted octanol–water partition coefficient (Wildman–Crippen LogP) is 3.36. The fourth-order valence-corrected chi connectivity index (χ4v) is 2.04. The number of esters is 1. The first-order chi connectivity index (χ1) is 8.88. The Balaban J connectivity index is 2.72. The van der Waals surface area contributed by atoms with E-state index >= 15 is 0 Å². The third-order valence-corrected chi connectivity index (χ3v) is 2.83. The zero-order valence-electron chi connectivity index (χ0n) is 12.0. The van der Waals surface area contributed by atoms with Gasteiger partial charge in [-0.3, -0.25) is 4.79 Å². The first-order valence-corrected chi connectivity index (χ1v) is 6.36. The van der Waals surface area contributed by atoms with E-state index in [-0.39, 0.29) is 23.0 Å². The van der Waals surface area contributed by atoms with Crippen molar-refractivity contribution in [2.75, 3.05) is 13.7 Å². The Kier molecular flexibility index (Phi) is 5.33. The van der Waals surface area contributed by atoms with Gasteiger partial charge in [-0.2, -0.15) is 0 Å². The number of carbonyl (C=O) groups is 1. The smallest absolute Gasteiger partial charge is 0.306 e. The lowest BCUT2D eigenvalue weighted by Crippen LogP contribution is -2.21. The highest BCUT2D eigenvalue weighted by atomic mass is 19.1. The van der Waals surface area contributed by atoms with Crippen LogP contribution in [0.25, 0.3) is 0 Å². The van der Waals surface area contributed by atoms with Crippen LogP contribution in [0.2, 0.25) is 0 Å². The molecule has 1 rings (SSSR count). The molecule has 0 saturated heterocycles. The molecule has 0 fully saturated rings. The molecule has 0 atom stereocenters. The number of rotatable bonds is 6. The van der Waals surface area contributed by atoms with E-state index in [9.17, 15) is 9.18 Å². The summed E-state index contributed by atoms with van der Waals surface area (Å²) in [5, 5.41) is 0. The molecule has 0 bridgehead atoms. The average molecular weight is 268 g/mol. The standard InChI is InChI=1S/C15H21FO3/c1-5-19-14(17)10-15(2,3)9-11-6-7-13(18-4)12(16)8-11/h6-8H,5,9-10H2,1-4H3. The summed E-state index contributed by atoms with van der Waals surface area (Å²) in [5.41, 5.74) is 0.570. The van der Waals surface area contributed by atoms with Gasteiger partial charge in [-0.25, -0.2) is 4.39 Å². The summed E-state index contributed by atoms with van der Waals surface area (Å²) in [6.45, 7) is 6.09. The second-order valence-electron chi connectivity index (χ2n) is 5.29. The lowest BCUT2D eigenvalue weighted by Gasteiger charge is -2.23. The molecule has 0 heterocycles.